The van der Waals surface area contributed by atoms with E-state index in [1.807, 2.05) is 0 Å². The molecule has 0 saturated heterocycles. The molecule has 0 spiro atoms. The number of H-pyrrole nitrogens is 1. The number of aromatic nitrogens is 2. The van der Waals surface area contributed by atoms with E-state index < -0.39 is 11.5 Å². The first-order chi connectivity index (χ1) is 14.5. The molecule has 0 radical (unpaired) electrons. The van der Waals surface area contributed by atoms with Crippen molar-refractivity contribution in [1.82, 2.24) is 9.97 Å². The van der Waals surface area contributed by atoms with E-state index in [9.17, 15) is 9.59 Å². The minimum absolute atomic E-state index is 0.0200. The Morgan fingerprint density at radius 2 is 2.07 bits per heavy atom. The highest BCUT2D eigenvalue weighted by molar-refractivity contribution is 6.14. The number of benzene rings is 1. The van der Waals surface area contributed by atoms with Crippen molar-refractivity contribution >= 4 is 41.5 Å². The number of primary amides is 1. The van der Waals surface area contributed by atoms with Crippen molar-refractivity contribution in [2.24, 2.45) is 16.6 Å². The summed E-state index contributed by atoms with van der Waals surface area (Å²) in [6.45, 7) is 0. The first-order valence-electron chi connectivity index (χ1n) is 9.59. The van der Waals surface area contributed by atoms with Gasteiger partial charge in [-0.2, -0.15) is 10.1 Å². The van der Waals surface area contributed by atoms with Crippen molar-refractivity contribution in [2.45, 2.75) is 37.8 Å². The van der Waals surface area contributed by atoms with Gasteiger partial charge in [-0.15, -0.1) is 0 Å². The van der Waals surface area contributed by atoms with Crippen LogP contribution in [0.3, 0.4) is 0 Å². The normalized spacial score (nSPS) is 18.7. The van der Waals surface area contributed by atoms with E-state index in [4.69, 9.17) is 16.9 Å². The lowest BCUT2D eigenvalue weighted by molar-refractivity contribution is 0.0999. The lowest BCUT2D eigenvalue weighted by Crippen LogP contribution is -2.43. The molecule has 1 saturated carbocycles. The summed E-state index contributed by atoms with van der Waals surface area (Å²) in [5.41, 5.74) is 14.6. The van der Waals surface area contributed by atoms with Gasteiger partial charge in [-0.3, -0.25) is 20.0 Å². The Kier molecular flexibility index (Phi) is 6.75. The number of rotatable bonds is 8. The van der Waals surface area contributed by atoms with Crippen molar-refractivity contribution in [3.05, 3.63) is 40.2 Å². The van der Waals surface area contributed by atoms with Crippen LogP contribution in [-0.2, 0) is 0 Å². The van der Waals surface area contributed by atoms with Crippen molar-refractivity contribution in [2.75, 3.05) is 16.1 Å². The Morgan fingerprint density at radius 3 is 2.80 bits per heavy atom. The summed E-state index contributed by atoms with van der Waals surface area (Å²) < 4.78 is 0. The summed E-state index contributed by atoms with van der Waals surface area (Å²) in [4.78, 5) is 31.3. The zero-order valence-electron chi connectivity index (χ0n) is 16.3. The molecule has 0 aliphatic heterocycles. The monoisotopic (exact) mass is 411 g/mol. The third-order valence-corrected chi connectivity index (χ3v) is 4.78. The van der Waals surface area contributed by atoms with Gasteiger partial charge in [-0.05, 0) is 31.0 Å². The second kappa shape index (κ2) is 9.65. The fraction of sp³-hybridized carbons (Fsp3) is 0.316. The fourth-order valence-electron chi connectivity index (χ4n) is 3.33. The summed E-state index contributed by atoms with van der Waals surface area (Å²) >= 11 is 0. The summed E-state index contributed by atoms with van der Waals surface area (Å²) in [5.74, 6) is -0.630. The summed E-state index contributed by atoms with van der Waals surface area (Å²) in [7, 11) is 0. The molecule has 1 aromatic carbocycles. The van der Waals surface area contributed by atoms with Gasteiger partial charge < -0.3 is 27.5 Å². The van der Waals surface area contributed by atoms with Gasteiger partial charge in [0.15, 0.2) is 5.82 Å². The van der Waals surface area contributed by atoms with E-state index in [0.717, 1.165) is 31.9 Å². The molecular weight excluding hydrogens is 386 g/mol. The first-order valence-corrected chi connectivity index (χ1v) is 9.59. The molecule has 1 aliphatic rings. The number of carbonyl (C=O) groups is 1. The first kappa shape index (κ1) is 21.0. The fourth-order valence-corrected chi connectivity index (χ4v) is 3.33. The number of nitrogens with zero attached hydrogens (tertiary/aromatic N) is 2. The molecule has 1 fully saturated rings. The average molecular weight is 411 g/mol. The van der Waals surface area contributed by atoms with E-state index in [1.165, 1.54) is 6.21 Å². The van der Waals surface area contributed by atoms with Crippen molar-refractivity contribution in [3.63, 3.8) is 0 Å². The SMILES string of the molecule is N=C/C=N\Nc1cccc(Nc2nc(N[C@@H]3CCCC[C@@H]3N)[nH]c(=O)c2C(N)=O)c1. The molecule has 30 heavy (non-hydrogen) atoms. The highest BCUT2D eigenvalue weighted by Gasteiger charge is 2.24. The van der Waals surface area contributed by atoms with Crippen LogP contribution in [-0.4, -0.2) is 40.4 Å². The minimum atomic E-state index is -0.892. The van der Waals surface area contributed by atoms with Gasteiger partial charge in [-0.25, -0.2) is 0 Å². The van der Waals surface area contributed by atoms with Crippen LogP contribution < -0.4 is 33.1 Å². The predicted octanol–water partition coefficient (Wildman–Crippen LogP) is 1.34. The number of hydrogen-bond acceptors (Lipinski definition) is 9. The maximum Gasteiger partial charge on any atom is 0.267 e. The number of carbonyl (C=O) groups excluding carboxylic acids is 1. The second-order valence-corrected chi connectivity index (χ2v) is 6.96. The number of aromatic amines is 1. The molecule has 1 aromatic heterocycles. The van der Waals surface area contributed by atoms with Crippen LogP contribution in [0.1, 0.15) is 36.0 Å². The maximum atomic E-state index is 12.5. The predicted molar refractivity (Wildman–Crippen MR) is 118 cm³/mol. The highest BCUT2D eigenvalue weighted by Crippen LogP contribution is 2.23. The van der Waals surface area contributed by atoms with Crippen molar-refractivity contribution in [3.8, 4) is 0 Å². The average Bonchev–Trinajstić information content (AvgIpc) is 2.70. The number of nitrogens with two attached hydrogens (primary N) is 2. The van der Waals surface area contributed by atoms with Crippen molar-refractivity contribution in [1.29, 1.82) is 5.41 Å². The van der Waals surface area contributed by atoms with Crippen molar-refractivity contribution < 1.29 is 4.79 Å². The largest absolute Gasteiger partial charge is 0.365 e. The molecule has 1 heterocycles. The Bertz CT molecular complexity index is 1000. The van der Waals surface area contributed by atoms with Gasteiger partial charge in [-0.1, -0.05) is 18.9 Å². The minimum Gasteiger partial charge on any atom is -0.365 e. The number of hydrogen-bond donors (Lipinski definition) is 7. The lowest BCUT2D eigenvalue weighted by atomic mass is 9.91. The van der Waals surface area contributed by atoms with Gasteiger partial charge in [0.05, 0.1) is 11.9 Å². The second-order valence-electron chi connectivity index (χ2n) is 6.96. The standard InChI is InChI=1S/C19H25N9O2/c20-8-9-23-28-12-5-3-4-11(10-12)24-17-15(16(22)29)18(30)27-19(26-17)25-14-7-2-1-6-13(14)21/h3-5,8-10,13-14,20,28H,1-2,6-7,21H2,(H2,22,29)(H3,24,25,26,27,30)/b20-8?,23-9-/t13-,14+/m0/s1. The van der Waals surface area contributed by atoms with Crippen LogP contribution in [0.5, 0.6) is 0 Å². The molecule has 2 atom stereocenters. The Balaban J connectivity index is 1.88. The molecule has 3 rings (SSSR count). The molecular formula is C19H25N9O2. The number of anilines is 4. The summed E-state index contributed by atoms with van der Waals surface area (Å²) in [6.07, 6.45) is 6.21. The zero-order chi connectivity index (χ0) is 21.5. The number of nitrogens with one attached hydrogen (secondary N) is 5. The van der Waals surface area contributed by atoms with Gasteiger partial charge in [0, 0.05) is 24.0 Å². The number of amides is 1. The van der Waals surface area contributed by atoms with Gasteiger partial charge in [0.2, 0.25) is 5.95 Å². The van der Waals surface area contributed by atoms with E-state index in [-0.39, 0.29) is 29.4 Å². The zero-order valence-corrected chi connectivity index (χ0v) is 16.3. The van der Waals surface area contributed by atoms with E-state index in [0.29, 0.717) is 11.4 Å². The van der Waals surface area contributed by atoms with E-state index in [1.54, 1.807) is 24.3 Å². The molecule has 158 valence electrons. The molecule has 11 heteroatoms. The maximum absolute atomic E-state index is 12.5. The van der Waals surface area contributed by atoms with Crippen LogP contribution in [0.15, 0.2) is 34.2 Å². The quantitative estimate of drug-likeness (QED) is 0.252. The van der Waals surface area contributed by atoms with E-state index >= 15 is 0 Å². The summed E-state index contributed by atoms with van der Waals surface area (Å²) in [5, 5.41) is 16.9. The molecule has 1 aliphatic carbocycles. The topological polar surface area (TPSA) is 187 Å². The van der Waals surface area contributed by atoms with Gasteiger partial charge in [0.25, 0.3) is 11.5 Å². The van der Waals surface area contributed by atoms with Crippen LogP contribution in [0.2, 0.25) is 0 Å². The highest BCUT2D eigenvalue weighted by atomic mass is 16.2. The van der Waals surface area contributed by atoms with Crippen LogP contribution in [0, 0.1) is 5.41 Å². The molecule has 2 aromatic rings. The van der Waals surface area contributed by atoms with Gasteiger partial charge in [0.1, 0.15) is 5.56 Å². The summed E-state index contributed by atoms with van der Waals surface area (Å²) in [6, 6.07) is 6.91. The Hall–Kier alpha value is -3.73. The molecule has 0 unspecified atom stereocenters. The van der Waals surface area contributed by atoms with E-state index in [2.05, 4.69) is 31.1 Å². The van der Waals surface area contributed by atoms with Crippen LogP contribution in [0.4, 0.5) is 23.1 Å². The smallest absolute Gasteiger partial charge is 0.267 e. The molecule has 1 amide bonds. The van der Waals surface area contributed by atoms with Gasteiger partial charge >= 0.3 is 0 Å². The molecule has 9 N–H and O–H groups in total. The molecule has 11 nitrogen and oxygen atoms in total. The van der Waals surface area contributed by atoms with Crippen LogP contribution in [0.25, 0.3) is 0 Å². The Morgan fingerprint density at radius 1 is 1.30 bits per heavy atom. The third-order valence-electron chi connectivity index (χ3n) is 4.78. The lowest BCUT2D eigenvalue weighted by Gasteiger charge is -2.29. The number of hydrazone groups is 1. The third kappa shape index (κ3) is 5.20. The van der Waals surface area contributed by atoms with Crippen LogP contribution >= 0.6 is 0 Å². The Labute approximate surface area is 172 Å². The molecule has 0 bridgehead atoms.